The maximum atomic E-state index is 4.52. The van der Waals surface area contributed by atoms with Gasteiger partial charge < -0.3 is 0 Å². The van der Waals surface area contributed by atoms with E-state index in [0.717, 1.165) is 5.71 Å². The summed E-state index contributed by atoms with van der Waals surface area (Å²) in [7, 11) is 1.93. The minimum atomic E-state index is 0.0749. The van der Waals surface area contributed by atoms with Gasteiger partial charge in [0.2, 0.25) is 0 Å². The molecular formula is C12H18N2S. The fourth-order valence-electron chi connectivity index (χ4n) is 1.35. The highest BCUT2D eigenvalue weighted by molar-refractivity contribution is 7.98. The highest BCUT2D eigenvalue weighted by atomic mass is 32.2. The first-order valence-corrected chi connectivity index (χ1v) is 6.22. The first-order chi connectivity index (χ1) is 7.17. The quantitative estimate of drug-likeness (QED) is 0.625. The zero-order valence-corrected chi connectivity index (χ0v) is 10.6. The maximum Gasteiger partial charge on any atom is 0.125 e. The molecule has 15 heavy (non-hydrogen) atoms. The predicted molar refractivity (Wildman–Crippen MR) is 68.8 cm³/mol. The molecule has 1 aromatic rings. The van der Waals surface area contributed by atoms with Crippen molar-refractivity contribution >= 4 is 17.5 Å². The predicted octanol–water partition coefficient (Wildman–Crippen LogP) is 3.11. The summed E-state index contributed by atoms with van der Waals surface area (Å²) in [5.41, 5.74) is 2.29. The smallest absolute Gasteiger partial charge is 0.125 e. The third-order valence-electron chi connectivity index (χ3n) is 2.09. The number of hydrogen-bond acceptors (Lipinski definition) is 3. The summed E-state index contributed by atoms with van der Waals surface area (Å²) in [5, 5.41) is 3.19. The van der Waals surface area contributed by atoms with E-state index in [-0.39, 0.29) is 6.17 Å². The first-order valence-electron chi connectivity index (χ1n) is 4.99. The fraction of sp³-hybridized carbons (Fsp3) is 0.417. The molecule has 0 amide bonds. The van der Waals surface area contributed by atoms with Gasteiger partial charge in [0.25, 0.3) is 0 Å². The number of nitrogens with one attached hydrogen (secondary N) is 1. The molecule has 0 spiro atoms. The van der Waals surface area contributed by atoms with Crippen molar-refractivity contribution in [1.29, 1.82) is 0 Å². The van der Waals surface area contributed by atoms with Crippen LogP contribution in [0.3, 0.4) is 0 Å². The second-order valence-corrected chi connectivity index (χ2v) is 4.42. The molecule has 0 aromatic heterocycles. The van der Waals surface area contributed by atoms with Crippen molar-refractivity contribution in [2.75, 3.05) is 13.3 Å². The summed E-state index contributed by atoms with van der Waals surface area (Å²) in [6.07, 6.45) is 2.16. The second kappa shape index (κ2) is 5.93. The summed E-state index contributed by atoms with van der Waals surface area (Å²) >= 11 is 1.75. The van der Waals surface area contributed by atoms with E-state index in [1.807, 2.05) is 20.9 Å². The highest BCUT2D eigenvalue weighted by Crippen LogP contribution is 2.19. The molecule has 1 unspecified atom stereocenters. The van der Waals surface area contributed by atoms with Crippen LogP contribution >= 0.6 is 11.8 Å². The van der Waals surface area contributed by atoms with E-state index >= 15 is 0 Å². The van der Waals surface area contributed by atoms with Crippen molar-refractivity contribution in [3.8, 4) is 0 Å². The van der Waals surface area contributed by atoms with Gasteiger partial charge in [-0.2, -0.15) is 0 Å². The molecule has 1 atom stereocenters. The number of hydrogen-bond donors (Lipinski definition) is 1. The van der Waals surface area contributed by atoms with E-state index < -0.39 is 0 Å². The van der Waals surface area contributed by atoms with E-state index in [0.29, 0.717) is 0 Å². The van der Waals surface area contributed by atoms with Crippen molar-refractivity contribution in [2.24, 2.45) is 4.99 Å². The van der Waals surface area contributed by atoms with Crippen LogP contribution in [-0.4, -0.2) is 19.0 Å². The van der Waals surface area contributed by atoms with Crippen LogP contribution in [0.2, 0.25) is 0 Å². The van der Waals surface area contributed by atoms with Crippen LogP contribution in [0.15, 0.2) is 34.2 Å². The Morgan fingerprint density at radius 3 is 2.27 bits per heavy atom. The zero-order valence-electron chi connectivity index (χ0n) is 9.74. The Bertz CT molecular complexity index is 326. The third kappa shape index (κ3) is 3.68. The van der Waals surface area contributed by atoms with Crippen LogP contribution < -0.4 is 5.32 Å². The molecule has 1 aromatic carbocycles. The Morgan fingerprint density at radius 1 is 1.27 bits per heavy atom. The number of thioether (sulfide) groups is 1. The van der Waals surface area contributed by atoms with E-state index in [1.165, 1.54) is 10.5 Å². The molecule has 0 saturated heterocycles. The number of aliphatic imine (C=N–C) groups is 1. The van der Waals surface area contributed by atoms with Gasteiger partial charge >= 0.3 is 0 Å². The lowest BCUT2D eigenvalue weighted by molar-refractivity contribution is 0.624. The van der Waals surface area contributed by atoms with E-state index in [4.69, 9.17) is 0 Å². The molecule has 1 rings (SSSR count). The molecule has 0 aliphatic heterocycles. The van der Waals surface area contributed by atoms with Crippen molar-refractivity contribution in [2.45, 2.75) is 24.9 Å². The average Bonchev–Trinajstić information content (AvgIpc) is 2.26. The van der Waals surface area contributed by atoms with Gasteiger partial charge in [-0.05, 0) is 44.8 Å². The molecule has 82 valence electrons. The van der Waals surface area contributed by atoms with Gasteiger partial charge in [-0.15, -0.1) is 11.8 Å². The molecule has 2 nitrogen and oxygen atoms in total. The Labute approximate surface area is 96.2 Å². The van der Waals surface area contributed by atoms with Gasteiger partial charge in [0, 0.05) is 10.6 Å². The van der Waals surface area contributed by atoms with E-state index in [1.54, 1.807) is 11.8 Å². The normalized spacial score (nSPS) is 12.3. The summed E-state index contributed by atoms with van der Waals surface area (Å²) in [6, 6.07) is 8.51. The van der Waals surface area contributed by atoms with Gasteiger partial charge in [-0.3, -0.25) is 10.3 Å². The topological polar surface area (TPSA) is 24.4 Å². The molecule has 0 heterocycles. The Kier molecular flexibility index (Phi) is 4.85. The monoisotopic (exact) mass is 222 g/mol. The Hall–Kier alpha value is -0.800. The van der Waals surface area contributed by atoms with Crippen LogP contribution in [0, 0.1) is 0 Å². The summed E-state index contributed by atoms with van der Waals surface area (Å²) in [6.45, 7) is 4.03. The van der Waals surface area contributed by atoms with Crippen LogP contribution in [0.1, 0.15) is 25.6 Å². The van der Waals surface area contributed by atoms with Gasteiger partial charge in [0.05, 0.1) is 0 Å². The largest absolute Gasteiger partial charge is 0.295 e. The summed E-state index contributed by atoms with van der Waals surface area (Å²) in [4.78, 5) is 5.80. The lowest BCUT2D eigenvalue weighted by atomic mass is 10.2. The summed E-state index contributed by atoms with van der Waals surface area (Å²) in [5.74, 6) is 0. The molecule has 0 fully saturated rings. The van der Waals surface area contributed by atoms with E-state index in [9.17, 15) is 0 Å². The first kappa shape index (κ1) is 12.3. The minimum absolute atomic E-state index is 0.0749. The van der Waals surface area contributed by atoms with Gasteiger partial charge in [-0.1, -0.05) is 12.1 Å². The molecular weight excluding hydrogens is 204 g/mol. The fourth-order valence-corrected chi connectivity index (χ4v) is 1.76. The number of rotatable bonds is 4. The molecule has 0 aliphatic rings. The van der Waals surface area contributed by atoms with Crippen LogP contribution in [-0.2, 0) is 0 Å². The van der Waals surface area contributed by atoms with Crippen molar-refractivity contribution < 1.29 is 0 Å². The van der Waals surface area contributed by atoms with Gasteiger partial charge in [-0.25, -0.2) is 0 Å². The second-order valence-electron chi connectivity index (χ2n) is 3.54. The molecule has 0 radical (unpaired) electrons. The summed E-state index contributed by atoms with van der Waals surface area (Å²) < 4.78 is 0. The van der Waals surface area contributed by atoms with Crippen LogP contribution in [0.4, 0.5) is 0 Å². The lowest BCUT2D eigenvalue weighted by Crippen LogP contribution is -2.15. The molecule has 0 saturated carbocycles. The Morgan fingerprint density at radius 2 is 1.87 bits per heavy atom. The Balaban J connectivity index is 2.88. The molecule has 0 bridgehead atoms. The average molecular weight is 222 g/mol. The van der Waals surface area contributed by atoms with Crippen LogP contribution in [0.5, 0.6) is 0 Å². The standard InChI is InChI=1S/C12H18N2S/c1-9(2)14-12(13-3)10-5-7-11(15-4)8-6-10/h5-8,12-13H,1-4H3. The zero-order chi connectivity index (χ0) is 11.3. The number of nitrogens with zero attached hydrogens (tertiary/aromatic N) is 1. The van der Waals surface area contributed by atoms with Gasteiger partial charge in [0.1, 0.15) is 6.17 Å². The van der Waals surface area contributed by atoms with Crippen LogP contribution in [0.25, 0.3) is 0 Å². The van der Waals surface area contributed by atoms with Crippen molar-refractivity contribution in [1.82, 2.24) is 5.32 Å². The lowest BCUT2D eigenvalue weighted by Gasteiger charge is -2.12. The third-order valence-corrected chi connectivity index (χ3v) is 2.84. The van der Waals surface area contributed by atoms with E-state index in [2.05, 4.69) is 40.8 Å². The maximum absolute atomic E-state index is 4.52. The molecule has 0 aliphatic carbocycles. The number of benzene rings is 1. The minimum Gasteiger partial charge on any atom is -0.295 e. The molecule has 3 heteroatoms. The van der Waals surface area contributed by atoms with Gasteiger partial charge in [0.15, 0.2) is 0 Å². The SMILES string of the molecule is CNC(N=C(C)C)c1ccc(SC)cc1. The molecule has 1 N–H and O–H groups in total. The highest BCUT2D eigenvalue weighted by Gasteiger charge is 2.05. The van der Waals surface area contributed by atoms with Crippen molar-refractivity contribution in [3.05, 3.63) is 29.8 Å². The van der Waals surface area contributed by atoms with Crippen molar-refractivity contribution in [3.63, 3.8) is 0 Å².